The Bertz CT molecular complexity index is 309. The molecule has 1 rings (SSSR count). The Morgan fingerprint density at radius 3 is 2.73 bits per heavy atom. The first kappa shape index (κ1) is 12.5. The third-order valence-electron chi connectivity index (χ3n) is 1.63. The van der Waals surface area contributed by atoms with E-state index < -0.39 is 6.04 Å². The zero-order valence-corrected chi connectivity index (χ0v) is 10.0. The van der Waals surface area contributed by atoms with E-state index in [0.717, 1.165) is 0 Å². The average Bonchev–Trinajstić information content (AvgIpc) is 2.61. The van der Waals surface area contributed by atoms with Gasteiger partial charge in [0.05, 0.1) is 12.4 Å². The summed E-state index contributed by atoms with van der Waals surface area (Å²) < 4.78 is 5.09. The van der Waals surface area contributed by atoms with Gasteiger partial charge in [0.15, 0.2) is 5.82 Å². The largest absolute Gasteiger partial charge is 0.394 e. The van der Waals surface area contributed by atoms with Crippen molar-refractivity contribution in [1.82, 2.24) is 10.1 Å². The second-order valence-electron chi connectivity index (χ2n) is 4.24. The lowest BCUT2D eigenvalue weighted by Crippen LogP contribution is -2.14. The molecule has 0 saturated heterocycles. The van der Waals surface area contributed by atoms with E-state index in [0.29, 0.717) is 17.5 Å². The van der Waals surface area contributed by atoms with E-state index in [9.17, 15) is 0 Å². The van der Waals surface area contributed by atoms with Gasteiger partial charge in [0.25, 0.3) is 0 Å². The third kappa shape index (κ3) is 4.19. The highest BCUT2D eigenvalue weighted by atomic mass is 32.2. The molecule has 0 amide bonds. The van der Waals surface area contributed by atoms with Crippen LogP contribution in [0.5, 0.6) is 0 Å². The molecule has 0 aliphatic carbocycles. The first-order valence-electron chi connectivity index (χ1n) is 4.75. The molecular weight excluding hydrogens is 214 g/mol. The van der Waals surface area contributed by atoms with Gasteiger partial charge in [0.2, 0.25) is 5.89 Å². The summed E-state index contributed by atoms with van der Waals surface area (Å²) in [7, 11) is 0. The molecule has 0 unspecified atom stereocenters. The van der Waals surface area contributed by atoms with Crippen LogP contribution in [0, 0.1) is 0 Å². The van der Waals surface area contributed by atoms with E-state index in [1.165, 1.54) is 0 Å². The van der Waals surface area contributed by atoms with Gasteiger partial charge in [0, 0.05) is 4.75 Å². The van der Waals surface area contributed by atoms with Crippen LogP contribution < -0.4 is 5.73 Å². The van der Waals surface area contributed by atoms with Gasteiger partial charge in [-0.25, -0.2) is 0 Å². The van der Waals surface area contributed by atoms with Crippen molar-refractivity contribution in [2.75, 3.05) is 6.61 Å². The fourth-order valence-corrected chi connectivity index (χ4v) is 1.52. The van der Waals surface area contributed by atoms with Gasteiger partial charge in [-0.05, 0) is 0 Å². The molecule has 1 atom stereocenters. The quantitative estimate of drug-likeness (QED) is 0.807. The highest BCUT2D eigenvalue weighted by Crippen LogP contribution is 2.26. The molecule has 0 saturated carbocycles. The number of hydrogen-bond acceptors (Lipinski definition) is 6. The summed E-state index contributed by atoms with van der Waals surface area (Å²) in [5.41, 5.74) is 5.54. The van der Waals surface area contributed by atoms with Crippen LogP contribution in [0.3, 0.4) is 0 Å². The van der Waals surface area contributed by atoms with E-state index in [1.54, 1.807) is 11.8 Å². The number of rotatable bonds is 4. The van der Waals surface area contributed by atoms with Gasteiger partial charge in [0.1, 0.15) is 6.04 Å². The number of aromatic nitrogens is 2. The Hall–Kier alpha value is -0.590. The molecule has 86 valence electrons. The zero-order chi connectivity index (χ0) is 11.5. The molecule has 15 heavy (non-hydrogen) atoms. The van der Waals surface area contributed by atoms with Crippen LogP contribution in [-0.4, -0.2) is 26.6 Å². The molecule has 3 N–H and O–H groups in total. The van der Waals surface area contributed by atoms with Crippen LogP contribution in [-0.2, 0) is 5.75 Å². The fourth-order valence-electron chi connectivity index (χ4n) is 0.836. The summed E-state index contributed by atoms with van der Waals surface area (Å²) >= 11 is 1.73. The Balaban J connectivity index is 2.53. The highest BCUT2D eigenvalue weighted by Gasteiger charge is 2.16. The summed E-state index contributed by atoms with van der Waals surface area (Å²) in [5, 5.41) is 12.6. The number of aliphatic hydroxyl groups excluding tert-OH is 1. The lowest BCUT2D eigenvalue weighted by atomic mass is 10.3. The lowest BCUT2D eigenvalue weighted by molar-refractivity contribution is 0.236. The Morgan fingerprint density at radius 1 is 1.53 bits per heavy atom. The van der Waals surface area contributed by atoms with Crippen LogP contribution in [0.15, 0.2) is 4.52 Å². The summed E-state index contributed by atoms with van der Waals surface area (Å²) in [5.74, 6) is 1.60. The van der Waals surface area contributed by atoms with Crippen molar-refractivity contribution < 1.29 is 9.63 Å². The lowest BCUT2D eigenvalue weighted by Gasteiger charge is -2.15. The molecule has 0 fully saturated rings. The summed E-state index contributed by atoms with van der Waals surface area (Å²) in [4.78, 5) is 4.10. The number of hydrogen-bond donors (Lipinski definition) is 2. The van der Waals surface area contributed by atoms with Gasteiger partial charge in [-0.2, -0.15) is 4.98 Å². The minimum Gasteiger partial charge on any atom is -0.394 e. The van der Waals surface area contributed by atoms with Crippen molar-refractivity contribution in [1.29, 1.82) is 0 Å². The minimum atomic E-state index is -0.578. The van der Waals surface area contributed by atoms with E-state index in [4.69, 9.17) is 15.4 Å². The van der Waals surface area contributed by atoms with Gasteiger partial charge in [-0.3, -0.25) is 0 Å². The molecule has 0 radical (unpaired) electrons. The maximum Gasteiger partial charge on any atom is 0.245 e. The number of nitrogens with zero attached hydrogens (tertiary/aromatic N) is 2. The molecule has 1 heterocycles. The number of thioether (sulfide) groups is 1. The van der Waals surface area contributed by atoms with E-state index in [-0.39, 0.29) is 11.4 Å². The van der Waals surface area contributed by atoms with Crippen LogP contribution in [0.2, 0.25) is 0 Å². The zero-order valence-electron chi connectivity index (χ0n) is 9.23. The second-order valence-corrected chi connectivity index (χ2v) is 6.04. The van der Waals surface area contributed by atoms with E-state index in [1.807, 2.05) is 0 Å². The third-order valence-corrected chi connectivity index (χ3v) is 2.90. The minimum absolute atomic E-state index is 0.167. The van der Waals surface area contributed by atoms with Crippen molar-refractivity contribution in [3.05, 3.63) is 11.7 Å². The summed E-state index contributed by atoms with van der Waals surface area (Å²) in [6.07, 6.45) is 0. The Morgan fingerprint density at radius 2 is 2.20 bits per heavy atom. The monoisotopic (exact) mass is 231 g/mol. The normalized spacial score (nSPS) is 14.2. The number of nitrogens with two attached hydrogens (primary N) is 1. The van der Waals surface area contributed by atoms with Crippen LogP contribution in [0.1, 0.15) is 38.5 Å². The maximum atomic E-state index is 8.80. The van der Waals surface area contributed by atoms with Crippen LogP contribution in [0.4, 0.5) is 0 Å². The summed E-state index contributed by atoms with van der Waals surface area (Å²) in [6, 6.07) is -0.578. The molecule has 6 heteroatoms. The standard InChI is InChI=1S/C9H17N3O2S/c1-9(2,3)15-5-7-11-8(14-12-7)6(10)4-13/h6,13H,4-5,10H2,1-3H3/t6-/m0/s1. The molecule has 1 aromatic heterocycles. The SMILES string of the molecule is CC(C)(C)SCc1noc([C@@H](N)CO)n1. The van der Waals surface area contributed by atoms with Crippen LogP contribution >= 0.6 is 11.8 Å². The van der Waals surface area contributed by atoms with Gasteiger partial charge in [-0.15, -0.1) is 11.8 Å². The van der Waals surface area contributed by atoms with Gasteiger partial charge >= 0.3 is 0 Å². The fraction of sp³-hybridized carbons (Fsp3) is 0.778. The van der Waals surface area contributed by atoms with Gasteiger partial charge in [-0.1, -0.05) is 25.9 Å². The molecule has 0 bridgehead atoms. The molecule has 0 aliphatic heterocycles. The van der Waals surface area contributed by atoms with Crippen molar-refractivity contribution in [3.63, 3.8) is 0 Å². The predicted octanol–water partition coefficient (Wildman–Crippen LogP) is 1.09. The smallest absolute Gasteiger partial charge is 0.245 e. The number of aliphatic hydroxyl groups is 1. The molecule has 0 spiro atoms. The van der Waals surface area contributed by atoms with Crippen LogP contribution in [0.25, 0.3) is 0 Å². The van der Waals surface area contributed by atoms with E-state index >= 15 is 0 Å². The molecular formula is C9H17N3O2S. The molecule has 0 aliphatic rings. The second kappa shape index (κ2) is 4.96. The Kier molecular flexibility index (Phi) is 4.12. The Labute approximate surface area is 93.4 Å². The average molecular weight is 231 g/mol. The molecule has 1 aromatic rings. The molecule has 0 aromatic carbocycles. The van der Waals surface area contributed by atoms with E-state index in [2.05, 4.69) is 30.9 Å². The summed E-state index contributed by atoms with van der Waals surface area (Å²) in [6.45, 7) is 6.18. The van der Waals surface area contributed by atoms with Gasteiger partial charge < -0.3 is 15.4 Å². The highest BCUT2D eigenvalue weighted by molar-refractivity contribution is 7.99. The van der Waals surface area contributed by atoms with Crippen molar-refractivity contribution in [2.45, 2.75) is 37.3 Å². The predicted molar refractivity (Wildman–Crippen MR) is 59.4 cm³/mol. The first-order valence-corrected chi connectivity index (χ1v) is 5.74. The molecule has 5 nitrogen and oxygen atoms in total. The van der Waals surface area contributed by atoms with Crippen molar-refractivity contribution in [2.24, 2.45) is 5.73 Å². The van der Waals surface area contributed by atoms with Crippen molar-refractivity contribution in [3.8, 4) is 0 Å². The first-order chi connectivity index (χ1) is 6.92. The maximum absolute atomic E-state index is 8.80. The topological polar surface area (TPSA) is 85.2 Å². The van der Waals surface area contributed by atoms with Crippen molar-refractivity contribution >= 4 is 11.8 Å².